The van der Waals surface area contributed by atoms with Gasteiger partial charge in [-0.2, -0.15) is 0 Å². The van der Waals surface area contributed by atoms with Crippen LogP contribution < -0.4 is 4.74 Å². The molecule has 3 heteroatoms. The number of hydrogen-bond acceptors (Lipinski definition) is 3. The average Bonchev–Trinajstić information content (AvgIpc) is 2.90. The van der Waals surface area contributed by atoms with Crippen molar-refractivity contribution in [1.29, 1.82) is 0 Å². The molecule has 3 aromatic rings. The zero-order valence-corrected chi connectivity index (χ0v) is 12.0. The van der Waals surface area contributed by atoms with Crippen LogP contribution in [0.25, 0.3) is 11.0 Å². The van der Waals surface area contributed by atoms with E-state index in [0.29, 0.717) is 11.3 Å². The van der Waals surface area contributed by atoms with E-state index in [2.05, 4.69) is 0 Å². The number of ether oxygens (including phenoxy) is 1. The molecule has 0 bridgehead atoms. The number of rotatable bonds is 4. The van der Waals surface area contributed by atoms with Gasteiger partial charge in [-0.1, -0.05) is 32.0 Å². The molecule has 0 saturated carbocycles. The largest absolute Gasteiger partial charge is 0.457 e. The van der Waals surface area contributed by atoms with Gasteiger partial charge in [0.15, 0.2) is 5.76 Å². The van der Waals surface area contributed by atoms with Crippen LogP contribution in [0.15, 0.2) is 59.0 Å². The molecule has 0 unspecified atom stereocenters. The number of Topliss-reactive ketones (excluding diaryl/α,β-unsaturated/α-hetero) is 1. The van der Waals surface area contributed by atoms with Gasteiger partial charge >= 0.3 is 0 Å². The second-order valence-electron chi connectivity index (χ2n) is 5.24. The highest BCUT2D eigenvalue weighted by molar-refractivity contribution is 5.98. The van der Waals surface area contributed by atoms with E-state index in [0.717, 1.165) is 16.9 Å². The molecule has 21 heavy (non-hydrogen) atoms. The molecule has 0 aliphatic heterocycles. The van der Waals surface area contributed by atoms with Crippen LogP contribution in [-0.4, -0.2) is 5.78 Å². The average molecular weight is 280 g/mol. The van der Waals surface area contributed by atoms with Gasteiger partial charge in [0, 0.05) is 11.3 Å². The Labute approximate surface area is 123 Å². The second-order valence-corrected chi connectivity index (χ2v) is 5.24. The number of para-hydroxylation sites is 1. The summed E-state index contributed by atoms with van der Waals surface area (Å²) < 4.78 is 11.4. The van der Waals surface area contributed by atoms with Crippen molar-refractivity contribution in [2.24, 2.45) is 5.92 Å². The molecule has 1 heterocycles. The van der Waals surface area contributed by atoms with Crippen molar-refractivity contribution in [2.75, 3.05) is 0 Å². The van der Waals surface area contributed by atoms with Gasteiger partial charge in [0.05, 0.1) is 0 Å². The number of hydrogen-bond donors (Lipinski definition) is 0. The summed E-state index contributed by atoms with van der Waals surface area (Å²) in [7, 11) is 0. The fraction of sp³-hybridized carbons (Fsp3) is 0.167. The molecule has 106 valence electrons. The number of furan rings is 1. The zero-order chi connectivity index (χ0) is 14.8. The predicted octanol–water partition coefficient (Wildman–Crippen LogP) is 5.06. The van der Waals surface area contributed by atoms with Crippen LogP contribution in [0.2, 0.25) is 0 Å². The fourth-order valence-electron chi connectivity index (χ4n) is 2.12. The molecule has 0 aliphatic rings. The molecule has 0 amide bonds. The Bertz CT molecular complexity index is 770. The molecule has 0 radical (unpaired) electrons. The van der Waals surface area contributed by atoms with E-state index in [1.54, 1.807) is 6.07 Å². The Hall–Kier alpha value is -2.55. The quantitative estimate of drug-likeness (QED) is 0.627. The van der Waals surface area contributed by atoms with Crippen LogP contribution in [0.1, 0.15) is 24.4 Å². The standard InChI is InChI=1S/C18H16O3/c1-12(2)18(19)17-11-13-10-15(8-9-16(13)21-17)20-14-6-4-3-5-7-14/h3-12H,1-2H3. The van der Waals surface area contributed by atoms with Crippen LogP contribution in [0.3, 0.4) is 0 Å². The Morgan fingerprint density at radius 1 is 1.00 bits per heavy atom. The van der Waals surface area contributed by atoms with E-state index < -0.39 is 0 Å². The SMILES string of the molecule is CC(C)C(=O)c1cc2cc(Oc3ccccc3)ccc2o1. The van der Waals surface area contributed by atoms with Gasteiger partial charge < -0.3 is 9.15 Å². The summed E-state index contributed by atoms with van der Waals surface area (Å²) in [5, 5.41) is 0.868. The van der Waals surface area contributed by atoms with Gasteiger partial charge in [-0.3, -0.25) is 4.79 Å². The Balaban J connectivity index is 1.91. The van der Waals surface area contributed by atoms with Crippen molar-refractivity contribution in [3.8, 4) is 11.5 Å². The van der Waals surface area contributed by atoms with E-state index in [-0.39, 0.29) is 11.7 Å². The fourth-order valence-corrected chi connectivity index (χ4v) is 2.12. The van der Waals surface area contributed by atoms with Crippen molar-refractivity contribution < 1.29 is 13.9 Å². The van der Waals surface area contributed by atoms with E-state index in [1.807, 2.05) is 62.4 Å². The minimum Gasteiger partial charge on any atom is -0.457 e. The third-order valence-electron chi connectivity index (χ3n) is 3.23. The molecular weight excluding hydrogens is 264 g/mol. The monoisotopic (exact) mass is 280 g/mol. The third-order valence-corrected chi connectivity index (χ3v) is 3.23. The number of fused-ring (bicyclic) bond motifs is 1. The van der Waals surface area contributed by atoms with Crippen molar-refractivity contribution in [1.82, 2.24) is 0 Å². The predicted molar refractivity (Wildman–Crippen MR) is 81.9 cm³/mol. The summed E-state index contributed by atoms with van der Waals surface area (Å²) >= 11 is 0. The zero-order valence-electron chi connectivity index (χ0n) is 12.0. The summed E-state index contributed by atoms with van der Waals surface area (Å²) in [6, 6.07) is 16.9. The van der Waals surface area contributed by atoms with Crippen LogP contribution in [-0.2, 0) is 0 Å². The minimum atomic E-state index is -0.0781. The van der Waals surface area contributed by atoms with E-state index >= 15 is 0 Å². The van der Waals surface area contributed by atoms with Crippen molar-refractivity contribution in [2.45, 2.75) is 13.8 Å². The Morgan fingerprint density at radius 3 is 2.48 bits per heavy atom. The summed E-state index contributed by atoms with van der Waals surface area (Å²) in [5.74, 6) is 1.83. The first-order valence-electron chi connectivity index (χ1n) is 6.94. The molecule has 0 fully saturated rings. The highest BCUT2D eigenvalue weighted by Crippen LogP contribution is 2.28. The summed E-state index contributed by atoms with van der Waals surface area (Å²) in [4.78, 5) is 12.0. The van der Waals surface area contributed by atoms with Crippen LogP contribution in [0, 0.1) is 5.92 Å². The summed E-state index contributed by atoms with van der Waals surface area (Å²) in [5.41, 5.74) is 0.694. The lowest BCUT2D eigenvalue weighted by molar-refractivity contribution is 0.0913. The first kappa shape index (κ1) is 13.4. The molecule has 3 rings (SSSR count). The van der Waals surface area contributed by atoms with E-state index in [4.69, 9.17) is 9.15 Å². The molecule has 0 atom stereocenters. The number of carbonyl (C=O) groups excluding carboxylic acids is 1. The molecule has 3 nitrogen and oxygen atoms in total. The van der Waals surface area contributed by atoms with Crippen LogP contribution in [0.5, 0.6) is 11.5 Å². The van der Waals surface area contributed by atoms with Gasteiger partial charge in [0.1, 0.15) is 17.1 Å². The maximum absolute atomic E-state index is 12.0. The smallest absolute Gasteiger partial charge is 0.200 e. The lowest BCUT2D eigenvalue weighted by Gasteiger charge is -2.04. The molecule has 2 aromatic carbocycles. The van der Waals surface area contributed by atoms with Gasteiger partial charge in [-0.05, 0) is 36.4 Å². The normalized spacial score (nSPS) is 11.0. The van der Waals surface area contributed by atoms with Gasteiger partial charge in [-0.15, -0.1) is 0 Å². The molecule has 0 N–H and O–H groups in total. The molecule has 0 saturated heterocycles. The highest BCUT2D eigenvalue weighted by atomic mass is 16.5. The Morgan fingerprint density at radius 2 is 1.76 bits per heavy atom. The van der Waals surface area contributed by atoms with E-state index in [1.165, 1.54) is 0 Å². The lowest BCUT2D eigenvalue weighted by atomic mass is 10.1. The number of benzene rings is 2. The van der Waals surface area contributed by atoms with Gasteiger partial charge in [0.2, 0.25) is 5.78 Å². The summed E-state index contributed by atoms with van der Waals surface area (Å²) in [6.45, 7) is 3.72. The van der Waals surface area contributed by atoms with Crippen molar-refractivity contribution >= 4 is 16.8 Å². The van der Waals surface area contributed by atoms with Crippen molar-refractivity contribution in [3.05, 3.63) is 60.4 Å². The molecule has 1 aromatic heterocycles. The highest BCUT2D eigenvalue weighted by Gasteiger charge is 2.15. The van der Waals surface area contributed by atoms with Crippen LogP contribution >= 0.6 is 0 Å². The molecule has 0 spiro atoms. The number of carbonyl (C=O) groups is 1. The Kier molecular flexibility index (Phi) is 3.48. The van der Waals surface area contributed by atoms with Gasteiger partial charge in [-0.25, -0.2) is 0 Å². The minimum absolute atomic E-state index is 0.0109. The lowest BCUT2D eigenvalue weighted by Crippen LogP contribution is -2.05. The van der Waals surface area contributed by atoms with Crippen LogP contribution in [0.4, 0.5) is 0 Å². The maximum Gasteiger partial charge on any atom is 0.200 e. The maximum atomic E-state index is 12.0. The van der Waals surface area contributed by atoms with Gasteiger partial charge in [0.25, 0.3) is 0 Å². The second kappa shape index (κ2) is 5.44. The first-order chi connectivity index (χ1) is 10.1. The third kappa shape index (κ3) is 2.82. The first-order valence-corrected chi connectivity index (χ1v) is 6.94. The summed E-state index contributed by atoms with van der Waals surface area (Å²) in [6.07, 6.45) is 0. The number of ketones is 1. The van der Waals surface area contributed by atoms with Crippen molar-refractivity contribution in [3.63, 3.8) is 0 Å². The molecule has 0 aliphatic carbocycles. The van der Waals surface area contributed by atoms with E-state index in [9.17, 15) is 4.79 Å². The molecular formula is C18H16O3. The topological polar surface area (TPSA) is 39.4 Å².